The summed E-state index contributed by atoms with van der Waals surface area (Å²) in [6, 6.07) is 8.18. The first-order valence-electron chi connectivity index (χ1n) is 14.1. The van der Waals surface area contributed by atoms with Gasteiger partial charge >= 0.3 is 0 Å². The van der Waals surface area contributed by atoms with E-state index in [1.54, 1.807) is 31.4 Å². The number of aliphatic hydroxyl groups is 2. The first-order chi connectivity index (χ1) is 20.4. The second-order valence-electron chi connectivity index (χ2n) is 11.7. The molecule has 9 nitrogen and oxygen atoms in total. The van der Waals surface area contributed by atoms with Gasteiger partial charge in [-0.1, -0.05) is 29.3 Å². The molecule has 11 heteroatoms. The standard InChI is InChI=1S/C19H17Cl2NO4.C13H21NO3/c1-24-16-5-4-11(15(23)8-12-13(20)9-22-10-14(12)21)17-18(16)26-19(25-17)6-2-3-7-19;1-13(2,3)14-7-12(17)9-4-5-11(16)10(6-9)8-15/h4-5,9-10H,2-3,6-8H2,1H3;4-6,12,14-17H,7-8H2,1-3H3. The molecule has 5 rings (SSSR count). The van der Waals surface area contributed by atoms with Gasteiger partial charge in [0.25, 0.3) is 5.79 Å². The summed E-state index contributed by atoms with van der Waals surface area (Å²) >= 11 is 12.3. The van der Waals surface area contributed by atoms with Crippen molar-refractivity contribution in [2.45, 2.75) is 76.9 Å². The molecular weight excluding hydrogens is 595 g/mol. The van der Waals surface area contributed by atoms with E-state index in [0.717, 1.165) is 25.7 Å². The van der Waals surface area contributed by atoms with E-state index >= 15 is 0 Å². The number of hydrogen-bond acceptors (Lipinski definition) is 9. The number of halogens is 2. The van der Waals surface area contributed by atoms with E-state index in [0.29, 0.717) is 56.1 Å². The fourth-order valence-electron chi connectivity index (χ4n) is 4.96. The van der Waals surface area contributed by atoms with Gasteiger partial charge in [-0.2, -0.15) is 0 Å². The van der Waals surface area contributed by atoms with E-state index < -0.39 is 11.9 Å². The Balaban J connectivity index is 0.000000217. The number of rotatable bonds is 8. The van der Waals surface area contributed by atoms with Gasteiger partial charge in [0, 0.05) is 54.9 Å². The van der Waals surface area contributed by atoms with Crippen molar-refractivity contribution in [3.05, 3.63) is 75.0 Å². The molecule has 3 aromatic rings. The van der Waals surface area contributed by atoms with Crippen LogP contribution in [0.15, 0.2) is 42.7 Å². The third-order valence-electron chi connectivity index (χ3n) is 7.31. The van der Waals surface area contributed by atoms with E-state index in [-0.39, 0.29) is 30.1 Å². The third kappa shape index (κ3) is 7.91. The number of carbonyl (C=O) groups is 1. The molecular formula is C32H38Cl2N2O7. The zero-order chi connectivity index (χ0) is 31.4. The summed E-state index contributed by atoms with van der Waals surface area (Å²) in [5.41, 5.74) is 2.04. The number of methoxy groups -OCH3 is 1. The monoisotopic (exact) mass is 632 g/mol. The van der Waals surface area contributed by atoms with E-state index in [2.05, 4.69) is 10.3 Å². The number of ether oxygens (including phenoxy) is 3. The van der Waals surface area contributed by atoms with Crippen LogP contribution >= 0.6 is 23.2 Å². The van der Waals surface area contributed by atoms with E-state index in [9.17, 15) is 15.0 Å². The van der Waals surface area contributed by atoms with Crippen molar-refractivity contribution >= 4 is 29.0 Å². The average Bonchev–Trinajstić information content (AvgIpc) is 3.59. The molecule has 1 aliphatic heterocycles. The normalized spacial score (nSPS) is 15.6. The molecule has 0 radical (unpaired) electrons. The molecule has 1 saturated carbocycles. The molecule has 1 aliphatic carbocycles. The fraction of sp³-hybridized carbons (Fsp3) is 0.438. The number of nitrogens with one attached hydrogen (secondary N) is 1. The number of nitrogens with zero attached hydrogens (tertiary/aromatic N) is 1. The van der Waals surface area contributed by atoms with Gasteiger partial charge in [0.2, 0.25) is 5.75 Å². The van der Waals surface area contributed by atoms with Gasteiger partial charge < -0.3 is 34.8 Å². The predicted octanol–water partition coefficient (Wildman–Crippen LogP) is 6.17. The number of fused-ring (bicyclic) bond motifs is 1. The number of hydrogen-bond donors (Lipinski definition) is 4. The number of phenols is 1. The van der Waals surface area contributed by atoms with Crippen molar-refractivity contribution < 1.29 is 34.3 Å². The van der Waals surface area contributed by atoms with Crippen LogP contribution in [0, 0.1) is 0 Å². The Morgan fingerprint density at radius 2 is 1.74 bits per heavy atom. The summed E-state index contributed by atoms with van der Waals surface area (Å²) in [7, 11) is 1.57. The average molecular weight is 634 g/mol. The first kappa shape index (κ1) is 32.8. The highest BCUT2D eigenvalue weighted by Gasteiger charge is 2.47. The van der Waals surface area contributed by atoms with Crippen LogP contribution in [-0.4, -0.2) is 51.1 Å². The minimum absolute atomic E-state index is 0.0484. The Morgan fingerprint density at radius 3 is 2.35 bits per heavy atom. The number of aromatic nitrogens is 1. The quantitative estimate of drug-likeness (QED) is 0.215. The van der Waals surface area contributed by atoms with Crippen molar-refractivity contribution in [3.8, 4) is 23.0 Å². The maximum Gasteiger partial charge on any atom is 0.251 e. The van der Waals surface area contributed by atoms with E-state index in [4.69, 9.17) is 42.5 Å². The molecule has 232 valence electrons. The fourth-order valence-corrected chi connectivity index (χ4v) is 5.45. The maximum atomic E-state index is 13.0. The molecule has 0 saturated heterocycles. The van der Waals surface area contributed by atoms with Gasteiger partial charge in [-0.15, -0.1) is 0 Å². The highest BCUT2D eigenvalue weighted by atomic mass is 35.5. The molecule has 1 unspecified atom stereocenters. The van der Waals surface area contributed by atoms with Crippen LogP contribution in [0.3, 0.4) is 0 Å². The minimum atomic E-state index is -0.683. The Hall–Kier alpha value is -3.08. The lowest BCUT2D eigenvalue weighted by Gasteiger charge is -2.23. The van der Waals surface area contributed by atoms with Gasteiger partial charge in [0.1, 0.15) is 5.75 Å². The molecule has 2 heterocycles. The van der Waals surface area contributed by atoms with Crippen LogP contribution in [-0.2, 0) is 13.0 Å². The van der Waals surface area contributed by atoms with Gasteiger partial charge in [0.05, 0.1) is 35.4 Å². The van der Waals surface area contributed by atoms with Crippen molar-refractivity contribution in [1.29, 1.82) is 0 Å². The van der Waals surface area contributed by atoms with Crippen molar-refractivity contribution in [2.75, 3.05) is 13.7 Å². The van der Waals surface area contributed by atoms with Crippen LogP contribution < -0.4 is 19.5 Å². The Morgan fingerprint density at radius 1 is 1.09 bits per heavy atom. The predicted molar refractivity (Wildman–Crippen MR) is 164 cm³/mol. The molecule has 1 fully saturated rings. The summed E-state index contributed by atoms with van der Waals surface area (Å²) in [5.74, 6) is 0.701. The van der Waals surface area contributed by atoms with Crippen LogP contribution in [0.25, 0.3) is 0 Å². The largest absolute Gasteiger partial charge is 0.508 e. The van der Waals surface area contributed by atoms with E-state index in [1.165, 1.54) is 18.5 Å². The zero-order valence-electron chi connectivity index (χ0n) is 24.7. The second-order valence-corrected chi connectivity index (χ2v) is 12.5. The van der Waals surface area contributed by atoms with Crippen LogP contribution in [0.5, 0.6) is 23.0 Å². The second kappa shape index (κ2) is 13.7. The zero-order valence-corrected chi connectivity index (χ0v) is 26.3. The molecule has 1 spiro atoms. The number of benzene rings is 2. The number of Topliss-reactive ketones (excluding diaryl/α,β-unsaturated/α-hetero) is 1. The number of ketones is 1. The summed E-state index contributed by atoms with van der Waals surface area (Å²) in [4.78, 5) is 16.9. The van der Waals surface area contributed by atoms with Gasteiger partial charge in [-0.25, -0.2) is 0 Å². The lowest BCUT2D eigenvalue weighted by Crippen LogP contribution is -2.38. The third-order valence-corrected chi connectivity index (χ3v) is 7.96. The summed E-state index contributed by atoms with van der Waals surface area (Å²) < 4.78 is 17.6. The first-order valence-corrected chi connectivity index (χ1v) is 14.9. The van der Waals surface area contributed by atoms with Crippen LogP contribution in [0.4, 0.5) is 0 Å². The lowest BCUT2D eigenvalue weighted by molar-refractivity contribution is -0.0724. The number of carbonyl (C=O) groups excluding carboxylic acids is 1. The van der Waals surface area contributed by atoms with E-state index in [1.807, 2.05) is 20.8 Å². The summed E-state index contributed by atoms with van der Waals surface area (Å²) in [6.07, 6.45) is 5.99. The number of aromatic hydroxyl groups is 1. The maximum absolute atomic E-state index is 13.0. The number of aliphatic hydroxyl groups excluding tert-OH is 2. The van der Waals surface area contributed by atoms with Gasteiger partial charge in [-0.3, -0.25) is 9.78 Å². The highest BCUT2D eigenvalue weighted by molar-refractivity contribution is 6.36. The molecule has 43 heavy (non-hydrogen) atoms. The Bertz CT molecular complexity index is 1430. The van der Waals surface area contributed by atoms with Crippen molar-refractivity contribution in [1.82, 2.24) is 10.3 Å². The number of pyridine rings is 1. The lowest BCUT2D eigenvalue weighted by atomic mass is 10.0. The Labute approximate surface area is 261 Å². The number of β-amino-alcohol motifs (C(OH)–C–C–N with tert-alkyl or cyclic N) is 1. The molecule has 2 aromatic carbocycles. The molecule has 4 N–H and O–H groups in total. The topological polar surface area (TPSA) is 130 Å². The minimum Gasteiger partial charge on any atom is -0.508 e. The van der Waals surface area contributed by atoms with Crippen molar-refractivity contribution in [2.24, 2.45) is 0 Å². The SMILES string of the molecule is CC(C)(C)NCC(O)c1ccc(O)c(CO)c1.COc1ccc(C(=O)Cc2c(Cl)cncc2Cl)c2c1OC1(CCCC1)O2. The summed E-state index contributed by atoms with van der Waals surface area (Å²) in [5, 5.41) is 32.3. The molecule has 2 aliphatic rings. The van der Waals surface area contributed by atoms with Gasteiger partial charge in [0.15, 0.2) is 17.3 Å². The molecule has 0 amide bonds. The summed E-state index contributed by atoms with van der Waals surface area (Å²) in [6.45, 7) is 6.26. The molecule has 1 aromatic heterocycles. The van der Waals surface area contributed by atoms with Crippen LogP contribution in [0.1, 0.15) is 79.6 Å². The van der Waals surface area contributed by atoms with Gasteiger partial charge in [-0.05, 0) is 63.4 Å². The Kier molecular flexibility index (Phi) is 10.5. The highest BCUT2D eigenvalue weighted by Crippen LogP contribution is 2.52. The molecule has 1 atom stereocenters. The smallest absolute Gasteiger partial charge is 0.251 e. The van der Waals surface area contributed by atoms with Crippen molar-refractivity contribution in [3.63, 3.8) is 0 Å². The van der Waals surface area contributed by atoms with Crippen LogP contribution in [0.2, 0.25) is 10.0 Å². The molecule has 0 bridgehead atoms.